The zero-order valence-corrected chi connectivity index (χ0v) is 9.81. The second kappa shape index (κ2) is 3.65. The van der Waals surface area contributed by atoms with Crippen LogP contribution >= 0.6 is 11.3 Å². The molecule has 1 fully saturated rings. The second-order valence-corrected chi connectivity index (χ2v) is 5.25. The third-order valence-corrected chi connectivity index (χ3v) is 4.39. The first-order valence-corrected chi connectivity index (χ1v) is 6.47. The van der Waals surface area contributed by atoms with Crippen molar-refractivity contribution in [3.05, 3.63) is 23.2 Å². The normalized spacial score (nSPS) is 18.7. The minimum atomic E-state index is 0.768. The van der Waals surface area contributed by atoms with E-state index in [4.69, 9.17) is 0 Å². The average molecular weight is 220 g/mol. The number of aromatic nitrogens is 1. The molecule has 2 aromatic rings. The summed E-state index contributed by atoms with van der Waals surface area (Å²) in [4.78, 5) is 1.42. The Bertz CT molecular complexity index is 463. The number of aryl methyl sites for hydroxylation is 1. The molecule has 2 nitrogen and oxygen atoms in total. The third kappa shape index (κ3) is 1.50. The number of nitrogens with zero attached hydrogens (tertiary/aromatic N) is 1. The van der Waals surface area contributed by atoms with E-state index in [1.54, 1.807) is 5.56 Å². The van der Waals surface area contributed by atoms with E-state index in [2.05, 4.69) is 34.6 Å². The lowest BCUT2D eigenvalue weighted by Crippen LogP contribution is -2.26. The Morgan fingerprint density at radius 2 is 2.20 bits per heavy atom. The standard InChI is InChI=1S/C12H16N2S/c1-14-8-11(9-2-5-13-6-3-9)10-4-7-15-12(10)14/h4,7-9,13H,2-3,5-6H2,1H3. The second-order valence-electron chi connectivity index (χ2n) is 4.36. The fraction of sp³-hybridized carbons (Fsp3) is 0.500. The van der Waals surface area contributed by atoms with E-state index in [1.807, 2.05) is 11.3 Å². The molecule has 0 radical (unpaired) electrons. The molecule has 1 aliphatic rings. The smallest absolute Gasteiger partial charge is 0.102 e. The molecule has 80 valence electrons. The summed E-state index contributed by atoms with van der Waals surface area (Å²) in [5.74, 6) is 0.768. The zero-order valence-electron chi connectivity index (χ0n) is 8.99. The predicted octanol–water partition coefficient (Wildman–Crippen LogP) is 2.71. The van der Waals surface area contributed by atoms with Crippen molar-refractivity contribution in [2.75, 3.05) is 13.1 Å². The summed E-state index contributed by atoms with van der Waals surface area (Å²) < 4.78 is 2.28. The number of piperidine rings is 1. The minimum absolute atomic E-state index is 0.768. The number of hydrogen-bond acceptors (Lipinski definition) is 2. The molecule has 3 heteroatoms. The highest BCUT2D eigenvalue weighted by Crippen LogP contribution is 2.34. The molecule has 1 aliphatic heterocycles. The molecule has 0 bridgehead atoms. The van der Waals surface area contributed by atoms with Crippen LogP contribution in [0.25, 0.3) is 10.2 Å². The van der Waals surface area contributed by atoms with E-state index in [0.29, 0.717) is 0 Å². The molecule has 0 aromatic carbocycles. The zero-order chi connectivity index (χ0) is 10.3. The van der Waals surface area contributed by atoms with Gasteiger partial charge in [-0.2, -0.15) is 0 Å². The molecule has 1 N–H and O–H groups in total. The van der Waals surface area contributed by atoms with Crippen molar-refractivity contribution in [3.63, 3.8) is 0 Å². The molecule has 15 heavy (non-hydrogen) atoms. The van der Waals surface area contributed by atoms with Gasteiger partial charge in [-0.25, -0.2) is 0 Å². The average Bonchev–Trinajstić information content (AvgIpc) is 2.84. The topological polar surface area (TPSA) is 17.0 Å². The van der Waals surface area contributed by atoms with Gasteiger partial charge in [0, 0.05) is 18.6 Å². The van der Waals surface area contributed by atoms with Gasteiger partial charge in [0.05, 0.1) is 0 Å². The van der Waals surface area contributed by atoms with Gasteiger partial charge in [-0.15, -0.1) is 11.3 Å². The van der Waals surface area contributed by atoms with Gasteiger partial charge in [0.1, 0.15) is 4.83 Å². The maximum absolute atomic E-state index is 3.43. The van der Waals surface area contributed by atoms with Gasteiger partial charge in [-0.05, 0) is 48.9 Å². The van der Waals surface area contributed by atoms with Crippen molar-refractivity contribution in [2.24, 2.45) is 7.05 Å². The fourth-order valence-electron chi connectivity index (χ4n) is 2.59. The third-order valence-electron chi connectivity index (χ3n) is 3.39. The molecule has 0 aliphatic carbocycles. The van der Waals surface area contributed by atoms with Crippen LogP contribution in [0.5, 0.6) is 0 Å². The van der Waals surface area contributed by atoms with Gasteiger partial charge in [-0.3, -0.25) is 0 Å². The first-order valence-electron chi connectivity index (χ1n) is 5.59. The van der Waals surface area contributed by atoms with Crippen LogP contribution in [0.4, 0.5) is 0 Å². The highest BCUT2D eigenvalue weighted by molar-refractivity contribution is 7.16. The Morgan fingerprint density at radius 3 is 3.00 bits per heavy atom. The summed E-state index contributed by atoms with van der Waals surface area (Å²) in [6.07, 6.45) is 4.90. The monoisotopic (exact) mass is 220 g/mol. The van der Waals surface area contributed by atoms with E-state index in [0.717, 1.165) is 5.92 Å². The van der Waals surface area contributed by atoms with Crippen LogP contribution in [0.2, 0.25) is 0 Å². The van der Waals surface area contributed by atoms with Gasteiger partial charge in [-0.1, -0.05) is 0 Å². The number of nitrogens with one attached hydrogen (secondary N) is 1. The molecule has 0 unspecified atom stereocenters. The highest BCUT2D eigenvalue weighted by atomic mass is 32.1. The summed E-state index contributed by atoms with van der Waals surface area (Å²) in [6, 6.07) is 2.28. The molecule has 0 spiro atoms. The molecule has 3 heterocycles. The Labute approximate surface area is 93.9 Å². The lowest BCUT2D eigenvalue weighted by atomic mass is 9.91. The van der Waals surface area contributed by atoms with Crippen LogP contribution in [0.1, 0.15) is 24.3 Å². The van der Waals surface area contributed by atoms with E-state index >= 15 is 0 Å². The van der Waals surface area contributed by atoms with Crippen molar-refractivity contribution < 1.29 is 0 Å². The Hall–Kier alpha value is -0.800. The summed E-state index contributed by atoms with van der Waals surface area (Å²) in [6.45, 7) is 2.34. The van der Waals surface area contributed by atoms with E-state index in [-0.39, 0.29) is 0 Å². The van der Waals surface area contributed by atoms with Gasteiger partial charge in [0.2, 0.25) is 0 Å². The Morgan fingerprint density at radius 1 is 1.40 bits per heavy atom. The Balaban J connectivity index is 2.05. The lowest BCUT2D eigenvalue weighted by Gasteiger charge is -2.22. The number of thiophene rings is 1. The SMILES string of the molecule is Cn1cc(C2CCNCC2)c2ccsc21. The number of fused-ring (bicyclic) bond motifs is 1. The van der Waals surface area contributed by atoms with Crippen LogP contribution in [0.15, 0.2) is 17.6 Å². The van der Waals surface area contributed by atoms with Gasteiger partial charge < -0.3 is 9.88 Å². The van der Waals surface area contributed by atoms with Gasteiger partial charge in [0.15, 0.2) is 0 Å². The fourth-order valence-corrected chi connectivity index (χ4v) is 3.45. The van der Waals surface area contributed by atoms with Crippen molar-refractivity contribution in [1.82, 2.24) is 9.88 Å². The highest BCUT2D eigenvalue weighted by Gasteiger charge is 2.19. The predicted molar refractivity (Wildman–Crippen MR) is 65.6 cm³/mol. The van der Waals surface area contributed by atoms with Crippen LogP contribution in [0.3, 0.4) is 0 Å². The molecular formula is C12H16N2S. The molecule has 0 atom stereocenters. The molecular weight excluding hydrogens is 204 g/mol. The summed E-state index contributed by atoms with van der Waals surface area (Å²) in [5.41, 5.74) is 1.57. The maximum Gasteiger partial charge on any atom is 0.102 e. The molecule has 1 saturated heterocycles. The van der Waals surface area contributed by atoms with Crippen molar-refractivity contribution in [1.29, 1.82) is 0 Å². The van der Waals surface area contributed by atoms with Gasteiger partial charge in [0.25, 0.3) is 0 Å². The first-order chi connectivity index (χ1) is 7.36. The molecule has 0 saturated carbocycles. The van der Waals surface area contributed by atoms with Crippen LogP contribution < -0.4 is 5.32 Å². The minimum Gasteiger partial charge on any atom is -0.342 e. The largest absolute Gasteiger partial charge is 0.342 e. The van der Waals surface area contributed by atoms with Crippen molar-refractivity contribution >= 4 is 21.6 Å². The summed E-state index contributed by atoms with van der Waals surface area (Å²) >= 11 is 1.85. The molecule has 2 aromatic heterocycles. The number of hydrogen-bond donors (Lipinski definition) is 1. The first kappa shape index (κ1) is 9.43. The van der Waals surface area contributed by atoms with Crippen molar-refractivity contribution in [2.45, 2.75) is 18.8 Å². The van der Waals surface area contributed by atoms with E-state index in [9.17, 15) is 0 Å². The van der Waals surface area contributed by atoms with E-state index < -0.39 is 0 Å². The molecule has 3 rings (SSSR count). The van der Waals surface area contributed by atoms with Crippen LogP contribution in [-0.4, -0.2) is 17.7 Å². The van der Waals surface area contributed by atoms with E-state index in [1.165, 1.54) is 36.1 Å². The van der Waals surface area contributed by atoms with Crippen LogP contribution in [0, 0.1) is 0 Å². The number of rotatable bonds is 1. The quantitative estimate of drug-likeness (QED) is 0.782. The van der Waals surface area contributed by atoms with Crippen molar-refractivity contribution in [3.8, 4) is 0 Å². The summed E-state index contributed by atoms with van der Waals surface area (Å²) in [7, 11) is 2.16. The molecule has 0 amide bonds. The van der Waals surface area contributed by atoms with Crippen LogP contribution in [-0.2, 0) is 7.05 Å². The maximum atomic E-state index is 3.43. The lowest BCUT2D eigenvalue weighted by molar-refractivity contribution is 0.462. The Kier molecular flexibility index (Phi) is 2.29. The summed E-state index contributed by atoms with van der Waals surface area (Å²) in [5, 5.41) is 7.11. The van der Waals surface area contributed by atoms with Gasteiger partial charge >= 0.3 is 0 Å².